The number of carbonyl (C=O) groups is 1. The van der Waals surface area contributed by atoms with Crippen molar-refractivity contribution in [1.82, 2.24) is 0 Å². The summed E-state index contributed by atoms with van der Waals surface area (Å²) in [5.41, 5.74) is -0.0483. The highest BCUT2D eigenvalue weighted by Crippen LogP contribution is 2.28. The first-order valence-corrected chi connectivity index (χ1v) is 4.96. The molecule has 0 aromatic heterocycles. The SMILES string of the molecule is Cc1cc(O)cc(O)c1C(=O)OC(C)(C)C. The average molecular weight is 224 g/mol. The molecule has 0 amide bonds. The number of hydrogen-bond donors (Lipinski definition) is 2. The van der Waals surface area contributed by atoms with E-state index in [1.165, 1.54) is 6.07 Å². The van der Waals surface area contributed by atoms with Crippen LogP contribution in [-0.4, -0.2) is 21.8 Å². The summed E-state index contributed by atoms with van der Waals surface area (Å²) in [5, 5.41) is 18.8. The van der Waals surface area contributed by atoms with E-state index < -0.39 is 11.6 Å². The van der Waals surface area contributed by atoms with Crippen molar-refractivity contribution >= 4 is 5.97 Å². The van der Waals surface area contributed by atoms with Gasteiger partial charge in [-0.25, -0.2) is 4.79 Å². The van der Waals surface area contributed by atoms with Crippen LogP contribution in [0.1, 0.15) is 36.7 Å². The van der Waals surface area contributed by atoms with E-state index in [1.807, 2.05) is 0 Å². The van der Waals surface area contributed by atoms with Crippen LogP contribution in [0.4, 0.5) is 0 Å². The van der Waals surface area contributed by atoms with E-state index in [1.54, 1.807) is 27.7 Å². The lowest BCUT2D eigenvalue weighted by molar-refractivity contribution is 0.00660. The van der Waals surface area contributed by atoms with Crippen molar-refractivity contribution in [2.24, 2.45) is 0 Å². The first-order valence-electron chi connectivity index (χ1n) is 4.96. The number of carbonyl (C=O) groups excluding carboxylic acids is 1. The molecule has 0 unspecified atom stereocenters. The molecular weight excluding hydrogens is 208 g/mol. The third-order valence-corrected chi connectivity index (χ3v) is 1.90. The molecule has 0 aliphatic rings. The zero-order chi connectivity index (χ0) is 12.5. The second-order valence-corrected chi connectivity index (χ2v) is 4.66. The van der Waals surface area contributed by atoms with Gasteiger partial charge in [-0.15, -0.1) is 0 Å². The quantitative estimate of drug-likeness (QED) is 0.718. The summed E-state index contributed by atoms with van der Waals surface area (Å²) >= 11 is 0. The highest BCUT2D eigenvalue weighted by atomic mass is 16.6. The molecule has 16 heavy (non-hydrogen) atoms. The van der Waals surface area contributed by atoms with E-state index in [0.717, 1.165) is 6.07 Å². The minimum Gasteiger partial charge on any atom is -0.508 e. The third-order valence-electron chi connectivity index (χ3n) is 1.90. The third kappa shape index (κ3) is 2.89. The lowest BCUT2D eigenvalue weighted by Crippen LogP contribution is -2.24. The Labute approximate surface area is 94.5 Å². The maximum atomic E-state index is 11.7. The molecule has 0 saturated carbocycles. The van der Waals surface area contributed by atoms with Gasteiger partial charge in [-0.3, -0.25) is 0 Å². The van der Waals surface area contributed by atoms with Gasteiger partial charge in [0.05, 0.1) is 0 Å². The van der Waals surface area contributed by atoms with Crippen molar-refractivity contribution in [3.8, 4) is 11.5 Å². The van der Waals surface area contributed by atoms with Gasteiger partial charge in [0.15, 0.2) is 0 Å². The molecule has 0 saturated heterocycles. The minimum absolute atomic E-state index is 0.0812. The van der Waals surface area contributed by atoms with Gasteiger partial charge in [-0.1, -0.05) is 0 Å². The Morgan fingerprint density at radius 1 is 1.25 bits per heavy atom. The molecule has 0 bridgehead atoms. The number of phenols is 2. The van der Waals surface area contributed by atoms with Crippen LogP contribution in [-0.2, 0) is 4.74 Å². The minimum atomic E-state index is -0.617. The molecule has 0 spiro atoms. The number of esters is 1. The summed E-state index contributed by atoms with van der Waals surface area (Å²) in [4.78, 5) is 11.7. The average Bonchev–Trinajstić information content (AvgIpc) is 1.96. The smallest absolute Gasteiger partial charge is 0.342 e. The lowest BCUT2D eigenvalue weighted by Gasteiger charge is -2.20. The molecule has 1 aromatic carbocycles. The molecule has 1 aromatic rings. The van der Waals surface area contributed by atoms with E-state index in [4.69, 9.17) is 4.74 Å². The second kappa shape index (κ2) is 4.04. The number of aromatic hydroxyl groups is 2. The summed E-state index contributed by atoms with van der Waals surface area (Å²) in [7, 11) is 0. The van der Waals surface area contributed by atoms with E-state index in [0.29, 0.717) is 5.56 Å². The molecule has 0 atom stereocenters. The summed E-state index contributed by atoms with van der Waals surface area (Å²) in [6.07, 6.45) is 0. The fourth-order valence-electron chi connectivity index (χ4n) is 1.34. The van der Waals surface area contributed by atoms with Crippen LogP contribution in [0.25, 0.3) is 0 Å². The van der Waals surface area contributed by atoms with Gasteiger partial charge in [0.25, 0.3) is 0 Å². The van der Waals surface area contributed by atoms with Crippen LogP contribution in [0.3, 0.4) is 0 Å². The maximum Gasteiger partial charge on any atom is 0.342 e. The molecule has 0 aliphatic heterocycles. The number of ether oxygens (including phenoxy) is 1. The van der Waals surface area contributed by atoms with E-state index >= 15 is 0 Å². The van der Waals surface area contributed by atoms with Gasteiger partial charge in [0, 0.05) is 6.07 Å². The number of aryl methyl sites for hydroxylation is 1. The van der Waals surface area contributed by atoms with E-state index in [9.17, 15) is 15.0 Å². The molecule has 88 valence electrons. The molecular formula is C12H16O4. The standard InChI is InChI=1S/C12H16O4/c1-7-5-8(13)6-9(14)10(7)11(15)16-12(2,3)4/h5-6,13-14H,1-4H3. The van der Waals surface area contributed by atoms with Crippen LogP contribution in [0.15, 0.2) is 12.1 Å². The van der Waals surface area contributed by atoms with Crippen LogP contribution in [0, 0.1) is 6.92 Å². The van der Waals surface area contributed by atoms with Gasteiger partial charge in [0.1, 0.15) is 22.7 Å². The molecule has 4 nitrogen and oxygen atoms in total. The summed E-state index contributed by atoms with van der Waals surface area (Å²) in [6, 6.07) is 2.52. The Bertz CT molecular complexity index is 393. The Kier molecular flexibility index (Phi) is 3.12. The van der Waals surface area contributed by atoms with Gasteiger partial charge in [-0.05, 0) is 39.3 Å². The monoisotopic (exact) mass is 224 g/mol. The fraction of sp³-hybridized carbons (Fsp3) is 0.417. The van der Waals surface area contributed by atoms with E-state index in [2.05, 4.69) is 0 Å². The highest BCUT2D eigenvalue weighted by molar-refractivity contribution is 5.94. The van der Waals surface area contributed by atoms with Crippen molar-refractivity contribution < 1.29 is 19.7 Å². The van der Waals surface area contributed by atoms with Gasteiger partial charge < -0.3 is 14.9 Å². The van der Waals surface area contributed by atoms with E-state index in [-0.39, 0.29) is 17.1 Å². The Hall–Kier alpha value is -1.71. The van der Waals surface area contributed by atoms with Crippen LogP contribution < -0.4 is 0 Å². The van der Waals surface area contributed by atoms with Crippen molar-refractivity contribution in [3.05, 3.63) is 23.3 Å². The fourth-order valence-corrected chi connectivity index (χ4v) is 1.34. The normalized spacial score (nSPS) is 11.2. The highest BCUT2D eigenvalue weighted by Gasteiger charge is 2.22. The molecule has 4 heteroatoms. The summed E-state index contributed by atoms with van der Waals surface area (Å²) < 4.78 is 5.14. The number of benzene rings is 1. The zero-order valence-electron chi connectivity index (χ0n) is 9.87. The van der Waals surface area contributed by atoms with Crippen molar-refractivity contribution in [2.45, 2.75) is 33.3 Å². The van der Waals surface area contributed by atoms with Crippen molar-refractivity contribution in [3.63, 3.8) is 0 Å². The Morgan fingerprint density at radius 2 is 1.81 bits per heavy atom. The molecule has 1 rings (SSSR count). The molecule has 2 N–H and O–H groups in total. The van der Waals surface area contributed by atoms with Gasteiger partial charge >= 0.3 is 5.97 Å². The summed E-state index contributed by atoms with van der Waals surface area (Å²) in [5.74, 6) is -0.948. The first kappa shape index (κ1) is 12.4. The van der Waals surface area contributed by atoms with Crippen LogP contribution >= 0.6 is 0 Å². The second-order valence-electron chi connectivity index (χ2n) is 4.66. The lowest BCUT2D eigenvalue weighted by atomic mass is 10.1. The van der Waals surface area contributed by atoms with Gasteiger partial charge in [-0.2, -0.15) is 0 Å². The Morgan fingerprint density at radius 3 is 2.25 bits per heavy atom. The van der Waals surface area contributed by atoms with Crippen LogP contribution in [0.5, 0.6) is 11.5 Å². The molecule has 0 fully saturated rings. The molecule has 0 aliphatic carbocycles. The maximum absolute atomic E-state index is 11.7. The molecule has 0 heterocycles. The summed E-state index contributed by atoms with van der Waals surface area (Å²) in [6.45, 7) is 6.87. The van der Waals surface area contributed by atoms with Gasteiger partial charge in [0.2, 0.25) is 0 Å². The molecule has 0 radical (unpaired) electrons. The Balaban J connectivity index is 3.10. The topological polar surface area (TPSA) is 66.8 Å². The number of hydrogen-bond acceptors (Lipinski definition) is 4. The first-order chi connectivity index (χ1) is 7.20. The largest absolute Gasteiger partial charge is 0.508 e. The zero-order valence-corrected chi connectivity index (χ0v) is 9.87. The predicted molar refractivity (Wildman–Crippen MR) is 59.7 cm³/mol. The van der Waals surface area contributed by atoms with Crippen molar-refractivity contribution in [1.29, 1.82) is 0 Å². The predicted octanol–water partition coefficient (Wildman–Crippen LogP) is 2.36. The number of rotatable bonds is 1. The number of phenolic OH excluding ortho intramolecular Hbond substituents is 2. The van der Waals surface area contributed by atoms with Crippen molar-refractivity contribution in [2.75, 3.05) is 0 Å². The van der Waals surface area contributed by atoms with Crippen LogP contribution in [0.2, 0.25) is 0 Å².